The smallest absolute Gasteiger partial charge is 0.219 e. The van der Waals surface area contributed by atoms with Crippen molar-refractivity contribution in [2.45, 2.75) is 27.3 Å². The van der Waals surface area contributed by atoms with Crippen LogP contribution >= 0.6 is 11.6 Å². The molecule has 3 nitrogen and oxygen atoms in total. The highest BCUT2D eigenvalue weighted by atomic mass is 35.5. The molecule has 0 aliphatic carbocycles. The van der Waals surface area contributed by atoms with Crippen LogP contribution in [0, 0.1) is 12.8 Å². The zero-order valence-electron chi connectivity index (χ0n) is 12.7. The number of halogens is 1. The van der Waals surface area contributed by atoms with Crippen molar-refractivity contribution in [3.05, 3.63) is 52.7 Å². The van der Waals surface area contributed by atoms with Crippen LogP contribution < -0.4 is 10.1 Å². The molecule has 0 fully saturated rings. The molecule has 0 atom stereocenters. The fourth-order valence-electron chi connectivity index (χ4n) is 1.93. The third kappa shape index (κ3) is 4.73. The van der Waals surface area contributed by atoms with Crippen molar-refractivity contribution in [3.8, 4) is 11.6 Å². The van der Waals surface area contributed by atoms with Crippen molar-refractivity contribution in [2.75, 3.05) is 6.54 Å². The maximum atomic E-state index is 6.19. The molecule has 0 amide bonds. The number of benzene rings is 1. The molecule has 2 rings (SSSR count). The van der Waals surface area contributed by atoms with E-state index in [1.54, 1.807) is 6.20 Å². The predicted molar refractivity (Wildman–Crippen MR) is 87.0 cm³/mol. The second-order valence-electron chi connectivity index (χ2n) is 5.51. The summed E-state index contributed by atoms with van der Waals surface area (Å²) in [5.41, 5.74) is 2.07. The molecular formula is C17H21ClN2O. The molecule has 0 aliphatic heterocycles. The fraction of sp³-hybridized carbons (Fsp3) is 0.353. The van der Waals surface area contributed by atoms with Crippen molar-refractivity contribution in [3.63, 3.8) is 0 Å². The summed E-state index contributed by atoms with van der Waals surface area (Å²) in [6, 6.07) is 9.77. The van der Waals surface area contributed by atoms with E-state index in [0.717, 1.165) is 23.4 Å². The van der Waals surface area contributed by atoms with Crippen LogP contribution in [0.3, 0.4) is 0 Å². The van der Waals surface area contributed by atoms with Gasteiger partial charge in [-0.3, -0.25) is 0 Å². The van der Waals surface area contributed by atoms with Gasteiger partial charge in [-0.15, -0.1) is 0 Å². The number of nitrogens with zero attached hydrogens (tertiary/aromatic N) is 1. The van der Waals surface area contributed by atoms with Crippen molar-refractivity contribution in [1.82, 2.24) is 10.3 Å². The largest absolute Gasteiger partial charge is 0.439 e. The third-order valence-corrected chi connectivity index (χ3v) is 3.43. The van der Waals surface area contributed by atoms with E-state index >= 15 is 0 Å². The lowest BCUT2D eigenvalue weighted by Gasteiger charge is -2.11. The highest BCUT2D eigenvalue weighted by Crippen LogP contribution is 2.26. The van der Waals surface area contributed by atoms with Gasteiger partial charge in [-0.2, -0.15) is 0 Å². The summed E-state index contributed by atoms with van der Waals surface area (Å²) < 4.78 is 5.83. The molecule has 1 aromatic carbocycles. The molecule has 2 aromatic rings. The maximum Gasteiger partial charge on any atom is 0.219 e. The first-order valence-electron chi connectivity index (χ1n) is 7.15. The van der Waals surface area contributed by atoms with Crippen LogP contribution in [0.25, 0.3) is 0 Å². The van der Waals surface area contributed by atoms with E-state index in [0.29, 0.717) is 23.4 Å². The molecule has 112 valence electrons. The van der Waals surface area contributed by atoms with E-state index in [2.05, 4.69) is 24.1 Å². The van der Waals surface area contributed by atoms with Crippen LogP contribution in [0.2, 0.25) is 5.02 Å². The summed E-state index contributed by atoms with van der Waals surface area (Å²) in [6.45, 7) is 8.02. The number of aromatic nitrogens is 1. The summed E-state index contributed by atoms with van der Waals surface area (Å²) in [6.07, 6.45) is 1.64. The molecule has 0 bridgehead atoms. The first-order chi connectivity index (χ1) is 10.1. The average Bonchev–Trinajstić information content (AvgIpc) is 2.44. The van der Waals surface area contributed by atoms with Gasteiger partial charge in [0.15, 0.2) is 0 Å². The molecule has 0 saturated heterocycles. The molecule has 0 aliphatic rings. The number of hydrogen-bond donors (Lipinski definition) is 1. The number of para-hydroxylation sites is 1. The van der Waals surface area contributed by atoms with Gasteiger partial charge in [-0.1, -0.05) is 43.6 Å². The average molecular weight is 305 g/mol. The molecule has 21 heavy (non-hydrogen) atoms. The molecule has 0 radical (unpaired) electrons. The van der Waals surface area contributed by atoms with Gasteiger partial charge in [0.25, 0.3) is 0 Å². The lowest BCUT2D eigenvalue weighted by molar-refractivity contribution is 0.458. The Kier molecular flexibility index (Phi) is 5.59. The van der Waals surface area contributed by atoms with E-state index in [-0.39, 0.29) is 0 Å². The second-order valence-corrected chi connectivity index (χ2v) is 5.91. The molecule has 1 N–H and O–H groups in total. The Balaban J connectivity index is 2.09. The van der Waals surface area contributed by atoms with Crippen LogP contribution in [-0.2, 0) is 6.54 Å². The van der Waals surface area contributed by atoms with Crippen molar-refractivity contribution in [1.29, 1.82) is 0 Å². The summed E-state index contributed by atoms with van der Waals surface area (Å²) in [5, 5.41) is 4.03. The predicted octanol–water partition coefficient (Wildman–Crippen LogP) is 4.58. The number of hydrogen-bond acceptors (Lipinski definition) is 3. The highest BCUT2D eigenvalue weighted by Gasteiger charge is 2.07. The quantitative estimate of drug-likeness (QED) is 0.848. The van der Waals surface area contributed by atoms with Gasteiger partial charge in [0.2, 0.25) is 5.88 Å². The summed E-state index contributed by atoms with van der Waals surface area (Å²) in [7, 11) is 0. The minimum absolute atomic E-state index is 0.565. The standard InChI is InChI=1S/C17H21ClN2O/c1-12(2)9-19-10-14-8-17(20-11-15(14)18)21-16-7-5-4-6-13(16)3/h4-8,11-12,19H,9-10H2,1-3H3. The second kappa shape index (κ2) is 7.43. The van der Waals surface area contributed by atoms with Gasteiger partial charge in [-0.25, -0.2) is 4.98 Å². The molecule has 0 unspecified atom stereocenters. The number of aryl methyl sites for hydroxylation is 1. The molecule has 0 spiro atoms. The van der Waals surface area contributed by atoms with Crippen molar-refractivity contribution in [2.24, 2.45) is 5.92 Å². The van der Waals surface area contributed by atoms with Crippen molar-refractivity contribution < 1.29 is 4.74 Å². The number of nitrogens with one attached hydrogen (secondary N) is 1. The SMILES string of the molecule is Cc1ccccc1Oc1cc(CNCC(C)C)c(Cl)cn1. The summed E-state index contributed by atoms with van der Waals surface area (Å²) in [5.74, 6) is 1.98. The number of rotatable bonds is 6. The summed E-state index contributed by atoms with van der Waals surface area (Å²) >= 11 is 6.19. The molecule has 0 saturated carbocycles. The Hall–Kier alpha value is -1.58. The monoisotopic (exact) mass is 304 g/mol. The molecule has 1 heterocycles. The van der Waals surface area contributed by atoms with E-state index in [1.807, 2.05) is 37.3 Å². The zero-order chi connectivity index (χ0) is 15.2. The molecular weight excluding hydrogens is 284 g/mol. The van der Waals surface area contributed by atoms with Gasteiger partial charge in [-0.05, 0) is 36.6 Å². The molecule has 4 heteroatoms. The fourth-order valence-corrected chi connectivity index (χ4v) is 2.10. The minimum Gasteiger partial charge on any atom is -0.439 e. The van der Waals surface area contributed by atoms with Crippen LogP contribution in [0.5, 0.6) is 11.6 Å². The minimum atomic E-state index is 0.565. The number of pyridine rings is 1. The van der Waals surface area contributed by atoms with Gasteiger partial charge >= 0.3 is 0 Å². The normalized spacial score (nSPS) is 10.9. The Morgan fingerprint density at radius 1 is 1.29 bits per heavy atom. The van der Waals surface area contributed by atoms with E-state index in [1.165, 1.54) is 0 Å². The van der Waals surface area contributed by atoms with E-state index in [4.69, 9.17) is 16.3 Å². The Morgan fingerprint density at radius 3 is 2.76 bits per heavy atom. The Labute approximate surface area is 131 Å². The van der Waals surface area contributed by atoms with E-state index in [9.17, 15) is 0 Å². The topological polar surface area (TPSA) is 34.1 Å². The van der Waals surface area contributed by atoms with Crippen LogP contribution in [0.4, 0.5) is 0 Å². The highest BCUT2D eigenvalue weighted by molar-refractivity contribution is 6.31. The first-order valence-corrected chi connectivity index (χ1v) is 7.52. The summed E-state index contributed by atoms with van der Waals surface area (Å²) in [4.78, 5) is 4.24. The zero-order valence-corrected chi connectivity index (χ0v) is 13.4. The van der Waals surface area contributed by atoms with Gasteiger partial charge in [0.1, 0.15) is 5.75 Å². The maximum absolute atomic E-state index is 6.19. The van der Waals surface area contributed by atoms with Crippen LogP contribution in [0.15, 0.2) is 36.5 Å². The van der Waals surface area contributed by atoms with E-state index < -0.39 is 0 Å². The first kappa shape index (κ1) is 15.8. The lowest BCUT2D eigenvalue weighted by atomic mass is 10.2. The lowest BCUT2D eigenvalue weighted by Crippen LogP contribution is -2.19. The number of ether oxygens (including phenoxy) is 1. The van der Waals surface area contributed by atoms with Crippen molar-refractivity contribution >= 4 is 11.6 Å². The van der Waals surface area contributed by atoms with Gasteiger partial charge in [0, 0.05) is 18.8 Å². The molecule has 1 aromatic heterocycles. The third-order valence-electron chi connectivity index (χ3n) is 3.09. The Morgan fingerprint density at radius 2 is 2.05 bits per heavy atom. The van der Waals surface area contributed by atoms with Crippen LogP contribution in [-0.4, -0.2) is 11.5 Å². The Bertz CT molecular complexity index is 599. The van der Waals surface area contributed by atoms with Gasteiger partial charge < -0.3 is 10.1 Å². The van der Waals surface area contributed by atoms with Crippen LogP contribution in [0.1, 0.15) is 25.0 Å². The van der Waals surface area contributed by atoms with Gasteiger partial charge in [0.05, 0.1) is 5.02 Å².